The van der Waals surface area contributed by atoms with Crippen LogP contribution in [0.25, 0.3) is 0 Å². The van der Waals surface area contributed by atoms with Gasteiger partial charge in [0.15, 0.2) is 0 Å². The number of hydrogen-bond donors (Lipinski definition) is 2. The van der Waals surface area contributed by atoms with Crippen LogP contribution in [0.1, 0.15) is 15.9 Å². The predicted octanol–water partition coefficient (Wildman–Crippen LogP) is 2.06. The van der Waals surface area contributed by atoms with Gasteiger partial charge in [0, 0.05) is 19.8 Å². The van der Waals surface area contributed by atoms with E-state index in [1.807, 2.05) is 24.3 Å². The molecule has 0 spiro atoms. The summed E-state index contributed by atoms with van der Waals surface area (Å²) in [6.45, 7) is 0.467. The number of nitrogens with zero attached hydrogens (tertiary/aromatic N) is 1. The second-order valence-electron chi connectivity index (χ2n) is 4.20. The lowest BCUT2D eigenvalue weighted by Gasteiger charge is -2.09. The van der Waals surface area contributed by atoms with Crippen molar-refractivity contribution >= 4 is 11.6 Å². The molecule has 1 aromatic heterocycles. The molecule has 0 fully saturated rings. The molecule has 0 aliphatic rings. The van der Waals surface area contributed by atoms with Gasteiger partial charge in [-0.3, -0.25) is 9.78 Å². The first-order valence-electron chi connectivity index (χ1n) is 6.27. The zero-order valence-electron chi connectivity index (χ0n) is 11.5. The topological polar surface area (TPSA) is 63.2 Å². The van der Waals surface area contributed by atoms with E-state index < -0.39 is 0 Å². The van der Waals surface area contributed by atoms with E-state index in [0.29, 0.717) is 17.8 Å². The van der Waals surface area contributed by atoms with Gasteiger partial charge < -0.3 is 15.4 Å². The fourth-order valence-electron chi connectivity index (χ4n) is 1.81. The van der Waals surface area contributed by atoms with Crippen molar-refractivity contribution in [3.05, 3.63) is 53.9 Å². The zero-order valence-corrected chi connectivity index (χ0v) is 11.5. The summed E-state index contributed by atoms with van der Waals surface area (Å²) in [7, 11) is 3.39. The highest BCUT2D eigenvalue weighted by Crippen LogP contribution is 2.13. The number of hydrogen-bond acceptors (Lipinski definition) is 4. The number of carbonyl (C=O) groups excluding carboxylic acids is 1. The SMILES string of the molecule is CNc1cnccc1C(=O)NCc1ccc(OC)cc1. The van der Waals surface area contributed by atoms with Gasteiger partial charge in [0.25, 0.3) is 5.91 Å². The third-order valence-corrected chi connectivity index (χ3v) is 2.95. The maximum absolute atomic E-state index is 12.1. The molecule has 2 rings (SSSR count). The van der Waals surface area contributed by atoms with Crippen molar-refractivity contribution in [1.29, 1.82) is 0 Å². The van der Waals surface area contributed by atoms with Gasteiger partial charge in [0.1, 0.15) is 5.75 Å². The van der Waals surface area contributed by atoms with E-state index in [1.54, 1.807) is 32.6 Å². The summed E-state index contributed by atoms with van der Waals surface area (Å²) in [6.07, 6.45) is 3.23. The third-order valence-electron chi connectivity index (χ3n) is 2.95. The molecular formula is C15H17N3O2. The number of ether oxygens (including phenoxy) is 1. The van der Waals surface area contributed by atoms with Gasteiger partial charge in [0.2, 0.25) is 0 Å². The van der Waals surface area contributed by atoms with Crippen molar-refractivity contribution < 1.29 is 9.53 Å². The van der Waals surface area contributed by atoms with Crippen LogP contribution in [-0.4, -0.2) is 25.0 Å². The van der Waals surface area contributed by atoms with Gasteiger partial charge in [0.05, 0.1) is 24.6 Å². The minimum atomic E-state index is -0.132. The van der Waals surface area contributed by atoms with Crippen LogP contribution in [0.2, 0.25) is 0 Å². The van der Waals surface area contributed by atoms with Crippen molar-refractivity contribution in [3.8, 4) is 5.75 Å². The normalized spacial score (nSPS) is 9.90. The van der Waals surface area contributed by atoms with Crippen LogP contribution < -0.4 is 15.4 Å². The molecule has 0 saturated heterocycles. The summed E-state index contributed by atoms with van der Waals surface area (Å²) in [5.41, 5.74) is 2.30. The lowest BCUT2D eigenvalue weighted by Crippen LogP contribution is -2.23. The Balaban J connectivity index is 2.01. The largest absolute Gasteiger partial charge is 0.497 e. The van der Waals surface area contributed by atoms with Crippen LogP contribution in [0.15, 0.2) is 42.7 Å². The van der Waals surface area contributed by atoms with E-state index in [0.717, 1.165) is 11.3 Å². The number of aromatic nitrogens is 1. The lowest BCUT2D eigenvalue weighted by molar-refractivity contribution is 0.0951. The Morgan fingerprint density at radius 1 is 1.25 bits per heavy atom. The summed E-state index contributed by atoms with van der Waals surface area (Å²) in [5.74, 6) is 0.666. The second kappa shape index (κ2) is 6.56. The standard InChI is InChI=1S/C15H17N3O2/c1-16-14-10-17-8-7-13(14)15(19)18-9-11-3-5-12(20-2)6-4-11/h3-8,10,16H,9H2,1-2H3,(H,18,19). The Morgan fingerprint density at radius 3 is 2.65 bits per heavy atom. The first-order chi connectivity index (χ1) is 9.74. The van der Waals surface area contributed by atoms with Gasteiger partial charge in [-0.25, -0.2) is 0 Å². The van der Waals surface area contributed by atoms with Crippen molar-refractivity contribution in [2.24, 2.45) is 0 Å². The van der Waals surface area contributed by atoms with Crippen molar-refractivity contribution in [1.82, 2.24) is 10.3 Å². The van der Waals surface area contributed by atoms with Gasteiger partial charge >= 0.3 is 0 Å². The fraction of sp³-hybridized carbons (Fsp3) is 0.200. The average molecular weight is 271 g/mol. The van der Waals surface area contributed by atoms with Gasteiger partial charge in [-0.2, -0.15) is 0 Å². The molecule has 1 aromatic carbocycles. The Bertz CT molecular complexity index is 582. The third kappa shape index (κ3) is 3.26. The van der Waals surface area contributed by atoms with E-state index in [-0.39, 0.29) is 5.91 Å². The van der Waals surface area contributed by atoms with E-state index in [9.17, 15) is 4.79 Å². The van der Waals surface area contributed by atoms with E-state index in [1.165, 1.54) is 0 Å². The smallest absolute Gasteiger partial charge is 0.253 e. The minimum Gasteiger partial charge on any atom is -0.497 e. The Kier molecular flexibility index (Phi) is 4.55. The molecule has 1 amide bonds. The predicted molar refractivity (Wildman–Crippen MR) is 77.9 cm³/mol. The van der Waals surface area contributed by atoms with Crippen LogP contribution in [0.5, 0.6) is 5.75 Å². The molecule has 1 heterocycles. The molecule has 0 saturated carbocycles. The molecule has 2 aromatic rings. The van der Waals surface area contributed by atoms with E-state index >= 15 is 0 Å². The minimum absolute atomic E-state index is 0.132. The quantitative estimate of drug-likeness (QED) is 0.873. The molecule has 0 bridgehead atoms. The van der Waals surface area contributed by atoms with Crippen molar-refractivity contribution in [2.45, 2.75) is 6.54 Å². The van der Waals surface area contributed by atoms with Crippen LogP contribution >= 0.6 is 0 Å². The number of carbonyl (C=O) groups is 1. The average Bonchev–Trinajstić information content (AvgIpc) is 2.53. The number of nitrogens with one attached hydrogen (secondary N) is 2. The molecule has 0 radical (unpaired) electrons. The highest BCUT2D eigenvalue weighted by atomic mass is 16.5. The van der Waals surface area contributed by atoms with Crippen LogP contribution in [0, 0.1) is 0 Å². The summed E-state index contributed by atoms with van der Waals surface area (Å²) in [4.78, 5) is 16.1. The number of methoxy groups -OCH3 is 1. The van der Waals surface area contributed by atoms with Crippen molar-refractivity contribution in [2.75, 3.05) is 19.5 Å². The van der Waals surface area contributed by atoms with Crippen LogP contribution in [0.3, 0.4) is 0 Å². The Hall–Kier alpha value is -2.56. The maximum Gasteiger partial charge on any atom is 0.253 e. The van der Waals surface area contributed by atoms with Gasteiger partial charge in [-0.1, -0.05) is 12.1 Å². The van der Waals surface area contributed by atoms with Gasteiger partial charge in [-0.15, -0.1) is 0 Å². The number of anilines is 1. The molecule has 20 heavy (non-hydrogen) atoms. The summed E-state index contributed by atoms with van der Waals surface area (Å²) >= 11 is 0. The molecule has 0 unspecified atom stereocenters. The molecule has 0 atom stereocenters. The first-order valence-corrected chi connectivity index (χ1v) is 6.27. The molecule has 5 nitrogen and oxygen atoms in total. The summed E-state index contributed by atoms with van der Waals surface area (Å²) < 4.78 is 5.09. The fourth-order valence-corrected chi connectivity index (χ4v) is 1.81. The highest BCUT2D eigenvalue weighted by Gasteiger charge is 2.09. The van der Waals surface area contributed by atoms with Crippen molar-refractivity contribution in [3.63, 3.8) is 0 Å². The monoisotopic (exact) mass is 271 g/mol. The summed E-state index contributed by atoms with van der Waals surface area (Å²) in [6, 6.07) is 9.27. The number of rotatable bonds is 5. The lowest BCUT2D eigenvalue weighted by atomic mass is 10.2. The number of amides is 1. The molecular weight excluding hydrogens is 254 g/mol. The Labute approximate surface area is 118 Å². The number of benzene rings is 1. The number of pyridine rings is 1. The zero-order chi connectivity index (χ0) is 14.4. The van der Waals surface area contributed by atoms with Gasteiger partial charge in [-0.05, 0) is 23.8 Å². The Morgan fingerprint density at radius 2 is 2.00 bits per heavy atom. The van der Waals surface area contributed by atoms with E-state index in [2.05, 4.69) is 15.6 Å². The first kappa shape index (κ1) is 13.9. The second-order valence-corrected chi connectivity index (χ2v) is 4.20. The maximum atomic E-state index is 12.1. The van der Waals surface area contributed by atoms with Crippen LogP contribution in [-0.2, 0) is 6.54 Å². The molecule has 0 aliphatic heterocycles. The van der Waals surface area contributed by atoms with Crippen LogP contribution in [0.4, 0.5) is 5.69 Å². The molecule has 5 heteroatoms. The summed E-state index contributed by atoms with van der Waals surface area (Å²) in [5, 5.41) is 5.83. The van der Waals surface area contributed by atoms with E-state index in [4.69, 9.17) is 4.74 Å². The molecule has 0 aliphatic carbocycles. The molecule has 2 N–H and O–H groups in total. The highest BCUT2D eigenvalue weighted by molar-refractivity contribution is 5.99. The molecule has 104 valence electrons.